The maximum atomic E-state index is 12.2. The van der Waals surface area contributed by atoms with Gasteiger partial charge in [-0.2, -0.15) is 11.8 Å². The van der Waals surface area contributed by atoms with E-state index in [2.05, 4.69) is 31.0 Å². The van der Waals surface area contributed by atoms with Crippen molar-refractivity contribution in [1.82, 2.24) is 19.7 Å². The van der Waals surface area contributed by atoms with Crippen molar-refractivity contribution in [2.45, 2.75) is 23.9 Å². The van der Waals surface area contributed by atoms with Gasteiger partial charge >= 0.3 is 0 Å². The number of nitrogens with zero attached hydrogens (tertiary/aromatic N) is 3. The molecule has 1 aromatic heterocycles. The zero-order chi connectivity index (χ0) is 12.5. The van der Waals surface area contributed by atoms with Crippen LogP contribution in [0.4, 0.5) is 0 Å². The number of hydrogen-bond acceptors (Lipinski definition) is 5. The third-order valence-corrected chi connectivity index (χ3v) is 5.99. The number of sulfonamides is 1. The maximum absolute atomic E-state index is 12.2. The zero-order valence-corrected chi connectivity index (χ0v) is 12.5. The van der Waals surface area contributed by atoms with Gasteiger partial charge in [0.15, 0.2) is 4.60 Å². The first kappa shape index (κ1) is 13.3. The molecule has 1 fully saturated rings. The quantitative estimate of drug-likeness (QED) is 0.878. The summed E-state index contributed by atoms with van der Waals surface area (Å²) in [4.78, 5) is 0. The molecule has 0 bridgehead atoms. The monoisotopic (exact) mass is 340 g/mol. The molecule has 0 aromatic carbocycles. The molecule has 0 atom stereocenters. The Bertz CT molecular complexity index is 476. The van der Waals surface area contributed by atoms with Gasteiger partial charge in [-0.3, -0.25) is 0 Å². The van der Waals surface area contributed by atoms with Crippen molar-refractivity contribution < 1.29 is 8.42 Å². The van der Waals surface area contributed by atoms with Gasteiger partial charge in [-0.1, -0.05) is 5.21 Å². The first-order valence-corrected chi connectivity index (χ1v) is 8.59. The molecular weight excluding hydrogens is 328 g/mol. The van der Waals surface area contributed by atoms with Gasteiger partial charge in [0.25, 0.3) is 10.0 Å². The predicted octanol–water partition coefficient (Wildman–Crippen LogP) is 0.751. The molecule has 0 spiro atoms. The fourth-order valence-corrected chi connectivity index (χ4v) is 5.21. The number of halogens is 1. The van der Waals surface area contributed by atoms with Gasteiger partial charge in [-0.05, 0) is 40.3 Å². The summed E-state index contributed by atoms with van der Waals surface area (Å²) in [5.74, 6) is 2.00. The van der Waals surface area contributed by atoms with Crippen molar-refractivity contribution >= 4 is 37.7 Å². The Morgan fingerprint density at radius 2 is 2.12 bits per heavy atom. The molecule has 0 radical (unpaired) electrons. The Morgan fingerprint density at radius 3 is 2.65 bits per heavy atom. The van der Waals surface area contributed by atoms with Crippen molar-refractivity contribution in [3.8, 4) is 0 Å². The van der Waals surface area contributed by atoms with Gasteiger partial charge in [0.2, 0.25) is 5.03 Å². The average Bonchev–Trinajstić information content (AvgIpc) is 2.59. The number of hydrogen-bond donors (Lipinski definition) is 1. The summed E-state index contributed by atoms with van der Waals surface area (Å²) in [7, 11) is -1.99. The molecule has 2 heterocycles. The minimum atomic E-state index is -3.55. The second kappa shape index (κ2) is 5.25. The second-order valence-corrected chi connectivity index (χ2v) is 7.42. The molecule has 1 N–H and O–H groups in total. The van der Waals surface area contributed by atoms with E-state index in [0.29, 0.717) is 0 Å². The molecule has 6 nitrogen and oxygen atoms in total. The van der Waals surface area contributed by atoms with Gasteiger partial charge < -0.3 is 0 Å². The number of aromatic nitrogens is 3. The summed E-state index contributed by atoms with van der Waals surface area (Å²) < 4.78 is 28.5. The topological polar surface area (TPSA) is 76.9 Å². The number of rotatable bonds is 3. The van der Waals surface area contributed by atoms with Crippen molar-refractivity contribution in [2.75, 3.05) is 11.5 Å². The lowest BCUT2D eigenvalue weighted by Crippen LogP contribution is -2.38. The highest BCUT2D eigenvalue weighted by Crippen LogP contribution is 2.21. The second-order valence-electron chi connectivity index (χ2n) is 3.82. The Balaban J connectivity index is 2.19. The molecule has 0 amide bonds. The van der Waals surface area contributed by atoms with Gasteiger partial charge in [-0.25, -0.2) is 17.8 Å². The number of nitrogens with one attached hydrogen (secondary N) is 1. The van der Waals surface area contributed by atoms with E-state index in [1.165, 1.54) is 4.68 Å². The van der Waals surface area contributed by atoms with Gasteiger partial charge in [0.05, 0.1) is 0 Å². The largest absolute Gasteiger partial charge is 0.260 e. The van der Waals surface area contributed by atoms with Gasteiger partial charge in [0, 0.05) is 13.1 Å². The van der Waals surface area contributed by atoms with Gasteiger partial charge in [-0.15, -0.1) is 5.10 Å². The Labute approximate surface area is 113 Å². The fraction of sp³-hybridized carbons (Fsp3) is 0.750. The lowest BCUT2D eigenvalue weighted by Gasteiger charge is -2.22. The van der Waals surface area contributed by atoms with Crippen molar-refractivity contribution in [1.29, 1.82) is 0 Å². The summed E-state index contributed by atoms with van der Waals surface area (Å²) in [6.45, 7) is 0. The summed E-state index contributed by atoms with van der Waals surface area (Å²) >= 11 is 4.95. The Morgan fingerprint density at radius 1 is 1.47 bits per heavy atom. The summed E-state index contributed by atoms with van der Waals surface area (Å²) in [6.07, 6.45) is 1.74. The van der Waals surface area contributed by atoms with Crippen molar-refractivity contribution in [3.63, 3.8) is 0 Å². The smallest absolute Gasteiger partial charge is 0.235 e. The average molecular weight is 341 g/mol. The third-order valence-electron chi connectivity index (χ3n) is 2.53. The Hall–Kier alpha value is -0.120. The van der Waals surface area contributed by atoms with E-state index >= 15 is 0 Å². The zero-order valence-electron chi connectivity index (χ0n) is 9.26. The van der Waals surface area contributed by atoms with Crippen LogP contribution in [0.25, 0.3) is 0 Å². The highest BCUT2D eigenvalue weighted by molar-refractivity contribution is 9.10. The van der Waals surface area contributed by atoms with E-state index in [1.807, 2.05) is 11.8 Å². The van der Waals surface area contributed by atoms with Crippen LogP contribution in [-0.4, -0.2) is 41.0 Å². The van der Waals surface area contributed by atoms with Crippen LogP contribution in [0.3, 0.4) is 0 Å². The van der Waals surface area contributed by atoms with E-state index in [9.17, 15) is 8.42 Å². The highest BCUT2D eigenvalue weighted by atomic mass is 79.9. The molecule has 96 valence electrons. The SMILES string of the molecule is Cn1nnc(Br)c1S(=O)(=O)NC1CCSCC1. The molecule has 1 saturated heterocycles. The minimum Gasteiger partial charge on any atom is -0.235 e. The van der Waals surface area contributed by atoms with Crippen LogP contribution >= 0.6 is 27.7 Å². The van der Waals surface area contributed by atoms with Crippen LogP contribution in [0.15, 0.2) is 9.63 Å². The van der Waals surface area contributed by atoms with Crippen LogP contribution in [0.1, 0.15) is 12.8 Å². The highest BCUT2D eigenvalue weighted by Gasteiger charge is 2.27. The van der Waals surface area contributed by atoms with E-state index in [4.69, 9.17) is 0 Å². The van der Waals surface area contributed by atoms with Crippen LogP contribution < -0.4 is 4.72 Å². The van der Waals surface area contributed by atoms with Crippen molar-refractivity contribution in [2.24, 2.45) is 7.05 Å². The normalized spacial score (nSPS) is 18.5. The molecular formula is C8H13BrN4O2S2. The number of thioether (sulfide) groups is 1. The summed E-state index contributed by atoms with van der Waals surface area (Å²) in [5, 5.41) is 7.43. The van der Waals surface area contributed by atoms with Gasteiger partial charge in [0.1, 0.15) is 0 Å². The molecule has 1 aliphatic rings. The number of aryl methyl sites for hydroxylation is 1. The van der Waals surface area contributed by atoms with Crippen LogP contribution in [0.2, 0.25) is 0 Å². The Kier molecular flexibility index (Phi) is 4.11. The van der Waals surface area contributed by atoms with Crippen LogP contribution in [-0.2, 0) is 17.1 Å². The predicted molar refractivity (Wildman–Crippen MR) is 69.4 cm³/mol. The molecule has 2 rings (SSSR count). The van der Waals surface area contributed by atoms with Crippen molar-refractivity contribution in [3.05, 3.63) is 4.60 Å². The van der Waals surface area contributed by atoms with Crippen LogP contribution in [0, 0.1) is 0 Å². The first-order chi connectivity index (χ1) is 8.00. The lowest BCUT2D eigenvalue weighted by molar-refractivity contribution is 0.517. The van der Waals surface area contributed by atoms with Crippen LogP contribution in [0.5, 0.6) is 0 Å². The minimum absolute atomic E-state index is 0.0167. The third kappa shape index (κ3) is 3.01. The first-order valence-electron chi connectivity index (χ1n) is 5.16. The standard InChI is InChI=1S/C8H13BrN4O2S2/c1-13-8(7(9)10-12-13)17(14,15)11-6-2-4-16-5-3-6/h6,11H,2-5H2,1H3. The lowest BCUT2D eigenvalue weighted by atomic mass is 10.2. The van der Waals surface area contributed by atoms with E-state index in [1.54, 1.807) is 7.05 Å². The molecule has 0 saturated carbocycles. The molecule has 1 aliphatic heterocycles. The molecule has 17 heavy (non-hydrogen) atoms. The molecule has 9 heteroatoms. The molecule has 1 aromatic rings. The van der Waals surface area contributed by atoms with E-state index in [0.717, 1.165) is 24.3 Å². The molecule has 0 unspecified atom stereocenters. The molecule has 0 aliphatic carbocycles. The van der Waals surface area contributed by atoms with E-state index < -0.39 is 10.0 Å². The summed E-state index contributed by atoms with van der Waals surface area (Å²) in [6, 6.07) is 0.0167. The fourth-order valence-electron chi connectivity index (χ4n) is 1.70. The summed E-state index contributed by atoms with van der Waals surface area (Å²) in [5.41, 5.74) is 0. The van der Waals surface area contributed by atoms with E-state index in [-0.39, 0.29) is 15.7 Å². The maximum Gasteiger partial charge on any atom is 0.260 e.